The second kappa shape index (κ2) is 7.38. The lowest BCUT2D eigenvalue weighted by Crippen LogP contribution is -2.62. The minimum absolute atomic E-state index is 0.0821. The van der Waals surface area contributed by atoms with Gasteiger partial charge in [-0.2, -0.15) is 0 Å². The maximum absolute atomic E-state index is 13.9. The molecule has 3 aliphatic rings. The molecule has 1 aromatic carbocycles. The number of aliphatic hydroxyl groups excluding tert-OH is 2. The number of benzene rings is 1. The molecule has 3 fully saturated rings. The van der Waals surface area contributed by atoms with Crippen LogP contribution in [0.1, 0.15) is 58.9 Å². The Morgan fingerprint density at radius 1 is 1.16 bits per heavy atom. The molecule has 0 saturated heterocycles. The van der Waals surface area contributed by atoms with Crippen LogP contribution >= 0.6 is 0 Å². The summed E-state index contributed by atoms with van der Waals surface area (Å²) in [7, 11) is 0. The number of Topliss-reactive ketones (excluding diaryl/α,β-unsaturated/α-hetero) is 1. The van der Waals surface area contributed by atoms with E-state index in [1.54, 1.807) is 18.2 Å². The summed E-state index contributed by atoms with van der Waals surface area (Å²) < 4.78 is 13.4. The lowest BCUT2D eigenvalue weighted by molar-refractivity contribution is -0.191. The van der Waals surface area contributed by atoms with Gasteiger partial charge in [-0.1, -0.05) is 45.9 Å². The number of halogens is 1. The molecule has 4 rings (SSSR count). The molecular weight excluding hydrogens is 391 g/mol. The van der Waals surface area contributed by atoms with Gasteiger partial charge < -0.3 is 10.2 Å². The largest absolute Gasteiger partial charge is 0.392 e. The summed E-state index contributed by atoms with van der Waals surface area (Å²) in [6.45, 7) is 12.2. The minimum Gasteiger partial charge on any atom is -0.392 e. The standard InChI is InChI=1S/C27H35FO3/c1-6-25(4)15-21(29)26(5)16(2)11-12-27(17(3)24(25)31)14-19(22(30)23(26)27)13-18-7-9-20(28)10-8-18/h6-10,13,16-17,21,23-24,29,31H,1,11-12,14-15H2,2-5H3/b19-13+/t16-,17+,21-,23+,24+,25-,26+,27+/m1/s1. The van der Waals surface area contributed by atoms with Crippen LogP contribution in [0, 0.1) is 39.8 Å². The fraction of sp³-hybridized carbons (Fsp3) is 0.593. The molecule has 168 valence electrons. The Balaban J connectivity index is 1.89. The first-order chi connectivity index (χ1) is 14.5. The smallest absolute Gasteiger partial charge is 0.163 e. The highest BCUT2D eigenvalue weighted by Gasteiger charge is 2.68. The van der Waals surface area contributed by atoms with Gasteiger partial charge in [0.2, 0.25) is 0 Å². The fourth-order valence-corrected chi connectivity index (χ4v) is 7.11. The van der Waals surface area contributed by atoms with E-state index in [1.807, 2.05) is 13.0 Å². The summed E-state index contributed by atoms with van der Waals surface area (Å²) in [4.78, 5) is 13.9. The summed E-state index contributed by atoms with van der Waals surface area (Å²) in [5.74, 6) is -0.502. The fourth-order valence-electron chi connectivity index (χ4n) is 7.11. The predicted octanol–water partition coefficient (Wildman–Crippen LogP) is 5.17. The zero-order valence-corrected chi connectivity index (χ0v) is 19.1. The number of aliphatic hydroxyl groups is 2. The first-order valence-corrected chi connectivity index (χ1v) is 11.5. The van der Waals surface area contributed by atoms with Gasteiger partial charge >= 0.3 is 0 Å². The molecule has 0 unspecified atom stereocenters. The van der Waals surface area contributed by atoms with E-state index in [4.69, 9.17) is 0 Å². The van der Waals surface area contributed by atoms with Crippen LogP contribution in [0.4, 0.5) is 4.39 Å². The highest BCUT2D eigenvalue weighted by atomic mass is 19.1. The van der Waals surface area contributed by atoms with Gasteiger partial charge in [0.25, 0.3) is 0 Å². The normalized spacial score (nSPS) is 46.4. The molecule has 0 aromatic heterocycles. The van der Waals surface area contributed by atoms with E-state index in [0.717, 1.165) is 24.0 Å². The van der Waals surface area contributed by atoms with E-state index >= 15 is 0 Å². The number of hydrogen-bond donors (Lipinski definition) is 2. The molecule has 0 radical (unpaired) electrons. The average molecular weight is 427 g/mol. The Hall–Kier alpha value is -1.78. The molecule has 0 aliphatic heterocycles. The lowest BCUT2D eigenvalue weighted by atomic mass is 9.44. The maximum atomic E-state index is 13.9. The van der Waals surface area contributed by atoms with Crippen LogP contribution < -0.4 is 0 Å². The number of hydrogen-bond acceptors (Lipinski definition) is 3. The molecular formula is C27H35FO3. The summed E-state index contributed by atoms with van der Waals surface area (Å²) in [5.41, 5.74) is -0.0817. The lowest BCUT2D eigenvalue weighted by Gasteiger charge is -2.61. The molecule has 3 saturated carbocycles. The molecule has 0 heterocycles. The van der Waals surface area contributed by atoms with Gasteiger partial charge in [0.15, 0.2) is 5.78 Å². The minimum atomic E-state index is -0.716. The summed E-state index contributed by atoms with van der Waals surface area (Å²) in [5, 5.41) is 23.0. The highest BCUT2D eigenvalue weighted by molar-refractivity contribution is 6.04. The molecule has 8 atom stereocenters. The first-order valence-electron chi connectivity index (χ1n) is 11.5. The predicted molar refractivity (Wildman–Crippen MR) is 121 cm³/mol. The van der Waals surface area contributed by atoms with Crippen molar-refractivity contribution in [2.75, 3.05) is 0 Å². The van der Waals surface area contributed by atoms with Crippen molar-refractivity contribution in [1.29, 1.82) is 0 Å². The van der Waals surface area contributed by atoms with Crippen molar-refractivity contribution in [2.24, 2.45) is 34.0 Å². The maximum Gasteiger partial charge on any atom is 0.163 e. The zero-order valence-electron chi connectivity index (χ0n) is 19.1. The number of ketones is 1. The Labute approximate surface area is 185 Å². The molecule has 31 heavy (non-hydrogen) atoms. The van der Waals surface area contributed by atoms with Crippen LogP contribution in [-0.4, -0.2) is 28.2 Å². The molecule has 3 nitrogen and oxygen atoms in total. The molecule has 0 spiro atoms. The van der Waals surface area contributed by atoms with Crippen molar-refractivity contribution in [1.82, 2.24) is 0 Å². The van der Waals surface area contributed by atoms with Crippen molar-refractivity contribution in [3.05, 3.63) is 53.9 Å². The quantitative estimate of drug-likeness (QED) is 0.506. The Morgan fingerprint density at radius 3 is 2.42 bits per heavy atom. The monoisotopic (exact) mass is 426 g/mol. The molecule has 2 N–H and O–H groups in total. The van der Waals surface area contributed by atoms with Gasteiger partial charge in [-0.15, -0.1) is 6.58 Å². The molecule has 4 heteroatoms. The van der Waals surface area contributed by atoms with Crippen molar-refractivity contribution in [3.8, 4) is 0 Å². The SMILES string of the molecule is C=C[C@]1(C)C[C@@H](O)[C@]2(C)[C@H](C)CC[C@]3(C/C(=C\c4ccc(F)cc4)C(=O)[C@H]32)[C@@H](C)[C@@H]1O. The van der Waals surface area contributed by atoms with E-state index in [9.17, 15) is 19.4 Å². The summed E-state index contributed by atoms with van der Waals surface area (Å²) in [6.07, 6.45) is 4.98. The van der Waals surface area contributed by atoms with Gasteiger partial charge in [0.05, 0.1) is 12.2 Å². The van der Waals surface area contributed by atoms with Crippen molar-refractivity contribution >= 4 is 11.9 Å². The second-order valence-corrected chi connectivity index (χ2v) is 10.9. The Bertz CT molecular complexity index is 921. The van der Waals surface area contributed by atoms with Crippen LogP contribution in [0.5, 0.6) is 0 Å². The van der Waals surface area contributed by atoms with Crippen molar-refractivity contribution in [2.45, 2.75) is 65.6 Å². The van der Waals surface area contributed by atoms with Gasteiger partial charge in [0.1, 0.15) is 5.82 Å². The van der Waals surface area contributed by atoms with Crippen LogP contribution in [0.15, 0.2) is 42.5 Å². The average Bonchev–Trinajstić information content (AvgIpc) is 3.04. The molecule has 3 aliphatic carbocycles. The van der Waals surface area contributed by atoms with Gasteiger partial charge in [0, 0.05) is 16.7 Å². The van der Waals surface area contributed by atoms with E-state index in [2.05, 4.69) is 27.4 Å². The Morgan fingerprint density at radius 2 is 1.81 bits per heavy atom. The number of allylic oxidation sites excluding steroid dienone is 1. The van der Waals surface area contributed by atoms with E-state index < -0.39 is 28.5 Å². The summed E-state index contributed by atoms with van der Waals surface area (Å²) in [6, 6.07) is 6.18. The topological polar surface area (TPSA) is 57.5 Å². The van der Waals surface area contributed by atoms with Crippen LogP contribution in [0.3, 0.4) is 0 Å². The first kappa shape index (κ1) is 22.4. The molecule has 2 bridgehead atoms. The second-order valence-electron chi connectivity index (χ2n) is 10.9. The molecule has 1 aromatic rings. The van der Waals surface area contributed by atoms with Crippen LogP contribution in [-0.2, 0) is 4.79 Å². The van der Waals surface area contributed by atoms with Crippen LogP contribution in [0.25, 0.3) is 6.08 Å². The number of carbonyl (C=O) groups is 1. The van der Waals surface area contributed by atoms with Crippen molar-refractivity contribution in [3.63, 3.8) is 0 Å². The number of carbonyl (C=O) groups excluding carboxylic acids is 1. The van der Waals surface area contributed by atoms with E-state index in [1.165, 1.54) is 12.1 Å². The third-order valence-corrected chi connectivity index (χ3v) is 9.48. The summed E-state index contributed by atoms with van der Waals surface area (Å²) >= 11 is 0. The van der Waals surface area contributed by atoms with E-state index in [-0.39, 0.29) is 29.4 Å². The van der Waals surface area contributed by atoms with Gasteiger partial charge in [-0.25, -0.2) is 4.39 Å². The highest BCUT2D eigenvalue weighted by Crippen LogP contribution is 2.68. The number of rotatable bonds is 2. The Kier molecular flexibility index (Phi) is 5.34. The van der Waals surface area contributed by atoms with Gasteiger partial charge in [-0.3, -0.25) is 4.79 Å². The third kappa shape index (κ3) is 3.09. The van der Waals surface area contributed by atoms with Crippen LogP contribution in [0.2, 0.25) is 0 Å². The van der Waals surface area contributed by atoms with Crippen molar-refractivity contribution < 1.29 is 19.4 Å². The zero-order chi connectivity index (χ0) is 22.8. The molecule has 0 amide bonds. The van der Waals surface area contributed by atoms with Gasteiger partial charge in [-0.05, 0) is 72.3 Å². The third-order valence-electron chi connectivity index (χ3n) is 9.48. The van der Waals surface area contributed by atoms with E-state index in [0.29, 0.717) is 12.8 Å².